The molecule has 0 saturated heterocycles. The van der Waals surface area contributed by atoms with Crippen LogP contribution in [0.3, 0.4) is 0 Å². The molecule has 2 rings (SSSR count). The summed E-state index contributed by atoms with van der Waals surface area (Å²) in [5.74, 6) is -1.02. The first-order valence-electron chi connectivity index (χ1n) is 7.81. The predicted octanol–water partition coefficient (Wildman–Crippen LogP) is 2.63. The molecule has 0 spiro atoms. The fourth-order valence-electron chi connectivity index (χ4n) is 1.93. The van der Waals surface area contributed by atoms with Crippen LogP contribution in [0.4, 0.5) is 4.39 Å². The minimum atomic E-state index is -0.529. The molecule has 2 amide bonds. The van der Waals surface area contributed by atoms with Crippen LogP contribution in [0, 0.1) is 5.82 Å². The molecule has 0 atom stereocenters. The smallest absolute Gasteiger partial charge is 0.276 e. The number of hydrazine groups is 1. The van der Waals surface area contributed by atoms with Gasteiger partial charge in [-0.25, -0.2) is 4.39 Å². The maximum absolute atomic E-state index is 12.7. The van der Waals surface area contributed by atoms with Gasteiger partial charge in [0.05, 0.1) is 0 Å². The summed E-state index contributed by atoms with van der Waals surface area (Å²) in [6.07, 6.45) is 3.93. The Kier molecular flexibility index (Phi) is 6.71. The highest BCUT2D eigenvalue weighted by molar-refractivity contribution is 5.93. The summed E-state index contributed by atoms with van der Waals surface area (Å²) < 4.78 is 17.9. The van der Waals surface area contributed by atoms with Crippen LogP contribution in [0.2, 0.25) is 0 Å². The van der Waals surface area contributed by atoms with Gasteiger partial charge in [0.1, 0.15) is 11.6 Å². The van der Waals surface area contributed by atoms with E-state index in [-0.39, 0.29) is 12.4 Å². The van der Waals surface area contributed by atoms with E-state index in [9.17, 15) is 14.0 Å². The van der Waals surface area contributed by atoms with Gasteiger partial charge in [-0.1, -0.05) is 31.2 Å². The Bertz CT molecular complexity index is 740. The number of carbonyl (C=O) groups is 2. The summed E-state index contributed by atoms with van der Waals surface area (Å²) in [6.45, 7) is 1.77. The molecule has 25 heavy (non-hydrogen) atoms. The van der Waals surface area contributed by atoms with Crippen molar-refractivity contribution >= 4 is 17.9 Å². The monoisotopic (exact) mass is 342 g/mol. The van der Waals surface area contributed by atoms with E-state index < -0.39 is 11.8 Å². The lowest BCUT2D eigenvalue weighted by Crippen LogP contribution is -2.43. The highest BCUT2D eigenvalue weighted by Crippen LogP contribution is 2.10. The second-order valence-corrected chi connectivity index (χ2v) is 5.21. The van der Waals surface area contributed by atoms with E-state index in [1.165, 1.54) is 35.9 Å². The van der Waals surface area contributed by atoms with Gasteiger partial charge < -0.3 is 4.74 Å². The highest BCUT2D eigenvalue weighted by atomic mass is 19.1. The van der Waals surface area contributed by atoms with Crippen LogP contribution in [-0.2, 0) is 16.0 Å². The number of halogens is 1. The van der Waals surface area contributed by atoms with Gasteiger partial charge in [-0.15, -0.1) is 0 Å². The summed E-state index contributed by atoms with van der Waals surface area (Å²) in [7, 11) is 0. The zero-order valence-electron chi connectivity index (χ0n) is 13.8. The first kappa shape index (κ1) is 18.2. The van der Waals surface area contributed by atoms with E-state index in [1.54, 1.807) is 6.08 Å². The van der Waals surface area contributed by atoms with E-state index in [4.69, 9.17) is 4.74 Å². The number of aryl methyl sites for hydroxylation is 1. The number of hydrogen-bond acceptors (Lipinski definition) is 3. The summed E-state index contributed by atoms with van der Waals surface area (Å²) in [5, 5.41) is 0. The molecule has 0 aromatic heterocycles. The molecule has 2 aromatic rings. The number of ether oxygens (including phenoxy) is 1. The van der Waals surface area contributed by atoms with Crippen molar-refractivity contribution in [3.05, 3.63) is 71.6 Å². The number of rotatable bonds is 6. The van der Waals surface area contributed by atoms with Gasteiger partial charge in [-0.2, -0.15) is 0 Å². The summed E-state index contributed by atoms with van der Waals surface area (Å²) in [4.78, 5) is 23.2. The Morgan fingerprint density at radius 3 is 2.36 bits per heavy atom. The average Bonchev–Trinajstić information content (AvgIpc) is 2.64. The van der Waals surface area contributed by atoms with Gasteiger partial charge >= 0.3 is 0 Å². The molecule has 0 heterocycles. The molecule has 6 heteroatoms. The third kappa shape index (κ3) is 6.47. The van der Waals surface area contributed by atoms with Crippen molar-refractivity contribution in [3.63, 3.8) is 0 Å². The third-order valence-corrected chi connectivity index (χ3v) is 3.32. The fraction of sp³-hybridized carbons (Fsp3) is 0.158. The van der Waals surface area contributed by atoms with E-state index in [0.29, 0.717) is 5.75 Å². The second kappa shape index (κ2) is 9.22. The lowest BCUT2D eigenvalue weighted by Gasteiger charge is -2.07. The Labute approximate surface area is 145 Å². The van der Waals surface area contributed by atoms with Gasteiger partial charge in [0.2, 0.25) is 0 Å². The highest BCUT2D eigenvalue weighted by Gasteiger charge is 2.04. The maximum Gasteiger partial charge on any atom is 0.276 e. The molecule has 0 fully saturated rings. The van der Waals surface area contributed by atoms with Gasteiger partial charge in [-0.3, -0.25) is 20.4 Å². The molecule has 5 nitrogen and oxygen atoms in total. The Balaban J connectivity index is 1.72. The van der Waals surface area contributed by atoms with Crippen LogP contribution in [-0.4, -0.2) is 18.4 Å². The molecule has 130 valence electrons. The molecular weight excluding hydrogens is 323 g/mol. The normalized spacial score (nSPS) is 10.5. The number of hydrogen-bond donors (Lipinski definition) is 2. The van der Waals surface area contributed by atoms with Gasteiger partial charge in [0, 0.05) is 6.08 Å². The number of carbonyl (C=O) groups excluding carboxylic acids is 2. The molecule has 0 bridgehead atoms. The first-order chi connectivity index (χ1) is 12.1. The average molecular weight is 342 g/mol. The first-order valence-corrected chi connectivity index (χ1v) is 7.81. The van der Waals surface area contributed by atoms with Crippen molar-refractivity contribution in [2.75, 3.05) is 6.61 Å². The van der Waals surface area contributed by atoms with E-state index in [0.717, 1.165) is 12.0 Å². The molecule has 0 aliphatic rings. The van der Waals surface area contributed by atoms with Crippen LogP contribution in [0.25, 0.3) is 6.08 Å². The van der Waals surface area contributed by atoms with Crippen molar-refractivity contribution in [1.29, 1.82) is 0 Å². The van der Waals surface area contributed by atoms with Crippen LogP contribution in [0.15, 0.2) is 54.6 Å². The summed E-state index contributed by atoms with van der Waals surface area (Å²) in [6, 6.07) is 13.1. The minimum absolute atomic E-state index is 0.298. The zero-order valence-corrected chi connectivity index (χ0v) is 13.8. The van der Waals surface area contributed by atoms with Crippen molar-refractivity contribution in [3.8, 4) is 5.75 Å². The quantitative estimate of drug-likeness (QED) is 0.626. The minimum Gasteiger partial charge on any atom is -0.484 e. The molecule has 0 saturated carbocycles. The SMILES string of the molecule is CCc1ccc(/C=C/C(=O)NNC(=O)COc2ccc(F)cc2)cc1. The van der Waals surface area contributed by atoms with Gasteiger partial charge in [-0.05, 0) is 47.9 Å². The van der Waals surface area contributed by atoms with Crippen molar-refractivity contribution in [2.24, 2.45) is 0 Å². The topological polar surface area (TPSA) is 67.4 Å². The Morgan fingerprint density at radius 2 is 1.72 bits per heavy atom. The van der Waals surface area contributed by atoms with Crippen LogP contribution < -0.4 is 15.6 Å². The Hall–Kier alpha value is -3.15. The van der Waals surface area contributed by atoms with Crippen molar-refractivity contribution in [1.82, 2.24) is 10.9 Å². The lowest BCUT2D eigenvalue weighted by molar-refractivity contribution is -0.128. The summed E-state index contributed by atoms with van der Waals surface area (Å²) >= 11 is 0. The van der Waals surface area contributed by atoms with Gasteiger partial charge in [0.25, 0.3) is 11.8 Å². The molecule has 2 N–H and O–H groups in total. The molecule has 0 aliphatic heterocycles. The predicted molar refractivity (Wildman–Crippen MR) is 93.0 cm³/mol. The van der Waals surface area contributed by atoms with Crippen LogP contribution >= 0.6 is 0 Å². The number of nitrogens with one attached hydrogen (secondary N) is 2. The lowest BCUT2D eigenvalue weighted by atomic mass is 10.1. The van der Waals surface area contributed by atoms with Crippen LogP contribution in [0.5, 0.6) is 5.75 Å². The number of amides is 2. The second-order valence-electron chi connectivity index (χ2n) is 5.21. The molecule has 0 radical (unpaired) electrons. The molecule has 0 unspecified atom stereocenters. The maximum atomic E-state index is 12.7. The third-order valence-electron chi connectivity index (χ3n) is 3.32. The zero-order chi connectivity index (χ0) is 18.1. The molecule has 0 aliphatic carbocycles. The number of benzene rings is 2. The van der Waals surface area contributed by atoms with Crippen molar-refractivity contribution in [2.45, 2.75) is 13.3 Å². The van der Waals surface area contributed by atoms with E-state index in [1.807, 2.05) is 24.3 Å². The summed E-state index contributed by atoms with van der Waals surface area (Å²) in [5.41, 5.74) is 6.59. The van der Waals surface area contributed by atoms with Crippen molar-refractivity contribution < 1.29 is 18.7 Å². The fourth-order valence-corrected chi connectivity index (χ4v) is 1.93. The van der Waals surface area contributed by atoms with Crippen LogP contribution in [0.1, 0.15) is 18.1 Å². The van der Waals surface area contributed by atoms with E-state index >= 15 is 0 Å². The molecule has 2 aromatic carbocycles. The Morgan fingerprint density at radius 1 is 1.04 bits per heavy atom. The van der Waals surface area contributed by atoms with Gasteiger partial charge in [0.15, 0.2) is 6.61 Å². The van der Waals surface area contributed by atoms with E-state index in [2.05, 4.69) is 17.8 Å². The standard InChI is InChI=1S/C19H19FN2O3/c1-2-14-3-5-15(6-4-14)7-12-18(23)21-22-19(24)13-25-17-10-8-16(20)9-11-17/h3-12H,2,13H2,1H3,(H,21,23)(H,22,24)/b12-7+. The largest absolute Gasteiger partial charge is 0.484 e. The molecular formula is C19H19FN2O3.